The minimum atomic E-state index is 0.420. The molecule has 0 atom stereocenters. The van der Waals surface area contributed by atoms with Gasteiger partial charge in [0.25, 0.3) is 0 Å². The van der Waals surface area contributed by atoms with Gasteiger partial charge in [-0.1, -0.05) is 5.92 Å². The highest BCUT2D eigenvalue weighted by Crippen LogP contribution is 2.14. The number of hydrogen-bond donors (Lipinski definition) is 0. The maximum atomic E-state index is 8.73. The van der Waals surface area contributed by atoms with Crippen molar-refractivity contribution in [1.29, 1.82) is 5.26 Å². The van der Waals surface area contributed by atoms with Crippen LogP contribution in [0.2, 0.25) is 0 Å². The van der Waals surface area contributed by atoms with Gasteiger partial charge in [-0.05, 0) is 19.1 Å². The van der Waals surface area contributed by atoms with Crippen LogP contribution < -0.4 is 4.90 Å². The van der Waals surface area contributed by atoms with Crippen LogP contribution in [0.1, 0.15) is 11.4 Å². The summed E-state index contributed by atoms with van der Waals surface area (Å²) in [4.78, 5) is 5.95. The maximum Gasteiger partial charge on any atom is 0.142 e. The summed E-state index contributed by atoms with van der Waals surface area (Å²) in [5, 5.41) is 8.73. The molecule has 0 radical (unpaired) electrons. The van der Waals surface area contributed by atoms with Gasteiger partial charge in [-0.2, -0.15) is 5.26 Å². The Kier molecular flexibility index (Phi) is 3.09. The summed E-state index contributed by atoms with van der Waals surface area (Å²) in [7, 11) is 1.88. The summed E-state index contributed by atoms with van der Waals surface area (Å²) < 4.78 is 0. The zero-order valence-corrected chi connectivity index (χ0v) is 8.28. The molecule has 0 fully saturated rings. The van der Waals surface area contributed by atoms with Crippen molar-refractivity contribution in [3.05, 3.63) is 23.5 Å². The molecular formula is C11H11N3. The van der Waals surface area contributed by atoms with Gasteiger partial charge in [-0.3, -0.25) is 0 Å². The molecule has 1 rings (SSSR count). The van der Waals surface area contributed by atoms with E-state index in [2.05, 4.69) is 10.9 Å². The lowest BCUT2D eigenvalue weighted by Gasteiger charge is -2.16. The monoisotopic (exact) mass is 185 g/mol. The van der Waals surface area contributed by atoms with Crippen LogP contribution in [0.4, 0.5) is 5.69 Å². The standard InChI is InChI=1S/C11H11N3/c1-4-5-14(3)11-6-9(2)13-10(7-11)8-12/h1,6-7H,5H2,2-3H3. The lowest BCUT2D eigenvalue weighted by Crippen LogP contribution is -2.17. The van der Waals surface area contributed by atoms with E-state index in [0.717, 1.165) is 11.4 Å². The summed E-state index contributed by atoms with van der Waals surface area (Å²) in [5.74, 6) is 2.55. The highest BCUT2D eigenvalue weighted by Gasteiger charge is 2.02. The van der Waals surface area contributed by atoms with E-state index in [9.17, 15) is 0 Å². The largest absolute Gasteiger partial charge is 0.363 e. The number of nitriles is 1. The molecule has 14 heavy (non-hydrogen) atoms. The molecule has 1 aromatic rings. The molecule has 3 nitrogen and oxygen atoms in total. The number of pyridine rings is 1. The Morgan fingerprint density at radius 1 is 1.57 bits per heavy atom. The third kappa shape index (κ3) is 2.24. The van der Waals surface area contributed by atoms with Gasteiger partial charge in [0.15, 0.2) is 0 Å². The molecule has 1 heterocycles. The van der Waals surface area contributed by atoms with Crippen molar-refractivity contribution in [2.45, 2.75) is 6.92 Å². The Balaban J connectivity index is 3.05. The average molecular weight is 185 g/mol. The molecule has 0 amide bonds. The van der Waals surface area contributed by atoms with Crippen LogP contribution in [-0.2, 0) is 0 Å². The summed E-state index contributed by atoms with van der Waals surface area (Å²) in [5.41, 5.74) is 2.17. The molecule has 0 bridgehead atoms. The first kappa shape index (κ1) is 10.1. The molecule has 0 aliphatic heterocycles. The molecular weight excluding hydrogens is 174 g/mol. The van der Waals surface area contributed by atoms with Crippen LogP contribution in [0.25, 0.3) is 0 Å². The molecule has 3 heteroatoms. The van der Waals surface area contributed by atoms with E-state index in [-0.39, 0.29) is 0 Å². The number of nitrogens with zero attached hydrogens (tertiary/aromatic N) is 3. The number of aromatic nitrogens is 1. The lowest BCUT2D eigenvalue weighted by molar-refractivity contribution is 1.03. The molecule has 0 N–H and O–H groups in total. The predicted molar refractivity (Wildman–Crippen MR) is 55.8 cm³/mol. The van der Waals surface area contributed by atoms with Crippen molar-refractivity contribution >= 4 is 5.69 Å². The molecule has 0 spiro atoms. The van der Waals surface area contributed by atoms with Crippen LogP contribution in [-0.4, -0.2) is 18.6 Å². The fourth-order valence-corrected chi connectivity index (χ4v) is 1.16. The summed E-state index contributed by atoms with van der Waals surface area (Å²) >= 11 is 0. The maximum absolute atomic E-state index is 8.73. The van der Waals surface area contributed by atoms with Crippen LogP contribution in [0.15, 0.2) is 12.1 Å². The number of aryl methyl sites for hydroxylation is 1. The van der Waals surface area contributed by atoms with E-state index in [0.29, 0.717) is 12.2 Å². The van der Waals surface area contributed by atoms with Crippen molar-refractivity contribution in [3.8, 4) is 18.4 Å². The third-order valence-corrected chi connectivity index (χ3v) is 1.82. The van der Waals surface area contributed by atoms with Crippen LogP contribution in [0.5, 0.6) is 0 Å². The molecule has 0 aromatic carbocycles. The van der Waals surface area contributed by atoms with E-state index < -0.39 is 0 Å². The Morgan fingerprint density at radius 3 is 2.86 bits per heavy atom. The van der Waals surface area contributed by atoms with E-state index in [1.165, 1.54) is 0 Å². The Labute approximate surface area is 84.0 Å². The SMILES string of the molecule is C#CCN(C)c1cc(C)nc(C#N)c1. The molecule has 0 saturated carbocycles. The normalized spacial score (nSPS) is 8.86. The number of hydrogen-bond acceptors (Lipinski definition) is 3. The third-order valence-electron chi connectivity index (χ3n) is 1.82. The van der Waals surface area contributed by atoms with Gasteiger partial charge in [0.2, 0.25) is 0 Å². The van der Waals surface area contributed by atoms with Gasteiger partial charge in [0.1, 0.15) is 11.8 Å². The number of terminal acetylenes is 1. The van der Waals surface area contributed by atoms with E-state index in [1.54, 1.807) is 6.07 Å². The highest BCUT2D eigenvalue weighted by atomic mass is 15.1. The van der Waals surface area contributed by atoms with Gasteiger partial charge >= 0.3 is 0 Å². The Morgan fingerprint density at radius 2 is 2.29 bits per heavy atom. The molecule has 0 saturated heterocycles. The second kappa shape index (κ2) is 4.30. The van der Waals surface area contributed by atoms with Crippen molar-refractivity contribution in [2.75, 3.05) is 18.5 Å². The topological polar surface area (TPSA) is 39.9 Å². The summed E-state index contributed by atoms with van der Waals surface area (Å²) in [6.07, 6.45) is 5.20. The van der Waals surface area contributed by atoms with Crippen molar-refractivity contribution in [1.82, 2.24) is 4.98 Å². The first-order chi connectivity index (χ1) is 6.67. The van der Waals surface area contributed by atoms with Crippen LogP contribution in [0, 0.1) is 30.6 Å². The molecule has 0 aliphatic rings. The van der Waals surface area contributed by atoms with E-state index >= 15 is 0 Å². The lowest BCUT2D eigenvalue weighted by atomic mass is 10.2. The van der Waals surface area contributed by atoms with Crippen LogP contribution >= 0.6 is 0 Å². The second-order valence-corrected chi connectivity index (χ2v) is 3.02. The zero-order chi connectivity index (χ0) is 10.6. The van der Waals surface area contributed by atoms with Crippen molar-refractivity contribution in [2.24, 2.45) is 0 Å². The van der Waals surface area contributed by atoms with Gasteiger partial charge in [0, 0.05) is 18.4 Å². The van der Waals surface area contributed by atoms with Gasteiger partial charge < -0.3 is 4.90 Å². The first-order valence-electron chi connectivity index (χ1n) is 4.20. The summed E-state index contributed by atoms with van der Waals surface area (Å²) in [6.45, 7) is 2.38. The first-order valence-corrected chi connectivity index (χ1v) is 4.20. The van der Waals surface area contributed by atoms with Gasteiger partial charge in [-0.15, -0.1) is 6.42 Å². The van der Waals surface area contributed by atoms with Gasteiger partial charge in [-0.25, -0.2) is 4.98 Å². The smallest absolute Gasteiger partial charge is 0.142 e. The summed E-state index contributed by atoms with van der Waals surface area (Å²) in [6, 6.07) is 5.64. The Bertz CT molecular complexity index is 410. The average Bonchev–Trinajstić information content (AvgIpc) is 2.17. The minimum Gasteiger partial charge on any atom is -0.363 e. The number of rotatable bonds is 2. The fraction of sp³-hybridized carbons (Fsp3) is 0.273. The fourth-order valence-electron chi connectivity index (χ4n) is 1.16. The Hall–Kier alpha value is -2.00. The quantitative estimate of drug-likeness (QED) is 0.652. The molecule has 0 aliphatic carbocycles. The van der Waals surface area contributed by atoms with Crippen LogP contribution in [0.3, 0.4) is 0 Å². The molecule has 70 valence electrons. The molecule has 0 unspecified atom stereocenters. The zero-order valence-electron chi connectivity index (χ0n) is 8.28. The second-order valence-electron chi connectivity index (χ2n) is 3.02. The van der Waals surface area contributed by atoms with Gasteiger partial charge in [0.05, 0.1) is 6.54 Å². The number of anilines is 1. The minimum absolute atomic E-state index is 0.420. The predicted octanol–water partition coefficient (Wildman–Crippen LogP) is 1.33. The highest BCUT2D eigenvalue weighted by molar-refractivity contribution is 5.50. The van der Waals surface area contributed by atoms with Crippen molar-refractivity contribution < 1.29 is 0 Å². The van der Waals surface area contributed by atoms with E-state index in [1.807, 2.05) is 31.0 Å². The molecule has 1 aromatic heterocycles. The van der Waals surface area contributed by atoms with E-state index in [4.69, 9.17) is 11.7 Å². The van der Waals surface area contributed by atoms with Crippen molar-refractivity contribution in [3.63, 3.8) is 0 Å².